The first kappa shape index (κ1) is 13.4. The molecule has 17 heavy (non-hydrogen) atoms. The maximum absolute atomic E-state index is 11.1. The van der Waals surface area contributed by atoms with Gasteiger partial charge in [-0.1, -0.05) is 32.9 Å². The minimum absolute atomic E-state index is 0.138. The Morgan fingerprint density at radius 2 is 1.82 bits per heavy atom. The minimum Gasteiger partial charge on any atom is -0.481 e. The van der Waals surface area contributed by atoms with Crippen LogP contribution in [0.3, 0.4) is 0 Å². The van der Waals surface area contributed by atoms with Crippen LogP contribution in [0.15, 0.2) is 24.5 Å². The molecule has 0 aliphatic heterocycles. The number of carboxylic acid groups (broad SMARTS) is 1. The van der Waals surface area contributed by atoms with Crippen molar-refractivity contribution in [2.75, 3.05) is 0 Å². The summed E-state index contributed by atoms with van der Waals surface area (Å²) in [6.07, 6.45) is 3.14. The van der Waals surface area contributed by atoms with Crippen LogP contribution < -0.4 is 0 Å². The van der Waals surface area contributed by atoms with Crippen LogP contribution in [0.4, 0.5) is 0 Å². The van der Waals surface area contributed by atoms with Crippen molar-refractivity contribution >= 4 is 5.97 Å². The fourth-order valence-corrected chi connectivity index (χ4v) is 1.51. The van der Waals surface area contributed by atoms with Gasteiger partial charge in [-0.25, -0.2) is 9.97 Å². The summed E-state index contributed by atoms with van der Waals surface area (Å²) in [5, 5.41) is 9.11. The zero-order valence-corrected chi connectivity index (χ0v) is 10.7. The number of carboxylic acids is 1. The SMILES string of the molecule is C=C(C)C(C(=O)O)c1cnc(C(C)(C)C)nc1. The highest BCUT2D eigenvalue weighted by atomic mass is 16.4. The molecule has 0 fully saturated rings. The molecule has 0 aromatic carbocycles. The summed E-state index contributed by atoms with van der Waals surface area (Å²) in [5.74, 6) is -0.958. The number of hydrogen-bond acceptors (Lipinski definition) is 3. The van der Waals surface area contributed by atoms with Gasteiger partial charge in [0.05, 0.1) is 0 Å². The predicted octanol–water partition coefficient (Wildman–Crippen LogP) is 2.52. The number of rotatable bonds is 3. The van der Waals surface area contributed by atoms with Crippen LogP contribution in [0.1, 0.15) is 45.0 Å². The average molecular weight is 234 g/mol. The van der Waals surface area contributed by atoms with E-state index in [0.29, 0.717) is 17.0 Å². The maximum Gasteiger partial charge on any atom is 0.315 e. The van der Waals surface area contributed by atoms with Crippen LogP contribution >= 0.6 is 0 Å². The summed E-state index contributed by atoms with van der Waals surface area (Å²) in [6.45, 7) is 11.4. The molecule has 0 aliphatic carbocycles. The van der Waals surface area contributed by atoms with Gasteiger partial charge >= 0.3 is 5.97 Å². The van der Waals surface area contributed by atoms with Crippen molar-refractivity contribution < 1.29 is 9.90 Å². The summed E-state index contributed by atoms with van der Waals surface area (Å²) in [4.78, 5) is 19.5. The van der Waals surface area contributed by atoms with Crippen molar-refractivity contribution in [3.8, 4) is 0 Å². The van der Waals surface area contributed by atoms with Gasteiger partial charge in [0.2, 0.25) is 0 Å². The Hall–Kier alpha value is -1.71. The normalized spacial score (nSPS) is 13.2. The van der Waals surface area contributed by atoms with E-state index in [4.69, 9.17) is 5.11 Å². The monoisotopic (exact) mass is 234 g/mol. The Morgan fingerprint density at radius 1 is 1.35 bits per heavy atom. The molecule has 1 N–H and O–H groups in total. The number of carbonyl (C=O) groups is 1. The molecule has 0 amide bonds. The molecule has 1 unspecified atom stereocenters. The van der Waals surface area contributed by atoms with E-state index < -0.39 is 11.9 Å². The Labute approximate surface area is 101 Å². The zero-order chi connectivity index (χ0) is 13.2. The van der Waals surface area contributed by atoms with Gasteiger partial charge in [-0.3, -0.25) is 4.79 Å². The maximum atomic E-state index is 11.1. The van der Waals surface area contributed by atoms with Crippen LogP contribution in [0.25, 0.3) is 0 Å². The van der Waals surface area contributed by atoms with E-state index in [1.807, 2.05) is 20.8 Å². The first-order valence-electron chi connectivity index (χ1n) is 5.44. The van der Waals surface area contributed by atoms with E-state index >= 15 is 0 Å². The molecule has 4 heteroatoms. The molecule has 0 radical (unpaired) electrons. The Bertz CT molecular complexity index is 416. The second-order valence-corrected chi connectivity index (χ2v) is 5.21. The third kappa shape index (κ3) is 3.12. The van der Waals surface area contributed by atoms with Gasteiger partial charge in [-0.2, -0.15) is 0 Å². The molecule has 1 heterocycles. The molecule has 0 spiro atoms. The molecule has 1 atom stereocenters. The minimum atomic E-state index is -0.926. The van der Waals surface area contributed by atoms with Gasteiger partial charge < -0.3 is 5.11 Å². The van der Waals surface area contributed by atoms with E-state index in [9.17, 15) is 4.79 Å². The largest absolute Gasteiger partial charge is 0.481 e. The van der Waals surface area contributed by atoms with Gasteiger partial charge in [-0.05, 0) is 6.92 Å². The van der Waals surface area contributed by atoms with Crippen molar-refractivity contribution in [1.29, 1.82) is 0 Å². The lowest BCUT2D eigenvalue weighted by atomic mass is 9.93. The van der Waals surface area contributed by atoms with Crippen molar-refractivity contribution in [3.05, 3.63) is 35.9 Å². The van der Waals surface area contributed by atoms with Crippen molar-refractivity contribution in [1.82, 2.24) is 9.97 Å². The number of aliphatic carboxylic acids is 1. The van der Waals surface area contributed by atoms with Crippen LogP contribution in [-0.4, -0.2) is 21.0 Å². The topological polar surface area (TPSA) is 63.1 Å². The Morgan fingerprint density at radius 3 is 2.12 bits per heavy atom. The van der Waals surface area contributed by atoms with Crippen LogP contribution in [0, 0.1) is 0 Å². The lowest BCUT2D eigenvalue weighted by molar-refractivity contribution is -0.137. The molecule has 1 aromatic heterocycles. The third-order valence-electron chi connectivity index (χ3n) is 2.42. The van der Waals surface area contributed by atoms with Gasteiger partial charge in [0.1, 0.15) is 11.7 Å². The molecule has 4 nitrogen and oxygen atoms in total. The molecule has 1 rings (SSSR count). The summed E-state index contributed by atoms with van der Waals surface area (Å²) in [5.41, 5.74) is 1.00. The van der Waals surface area contributed by atoms with Crippen LogP contribution in [0.2, 0.25) is 0 Å². The van der Waals surface area contributed by atoms with Crippen molar-refractivity contribution in [2.24, 2.45) is 0 Å². The van der Waals surface area contributed by atoms with E-state index in [-0.39, 0.29) is 5.41 Å². The first-order chi connectivity index (χ1) is 7.73. The van der Waals surface area contributed by atoms with Gasteiger partial charge in [0.15, 0.2) is 0 Å². The van der Waals surface area contributed by atoms with Gasteiger partial charge in [0.25, 0.3) is 0 Å². The van der Waals surface area contributed by atoms with Crippen LogP contribution in [0.5, 0.6) is 0 Å². The molecule has 0 aliphatic rings. The summed E-state index contributed by atoms with van der Waals surface area (Å²) in [6, 6.07) is 0. The standard InChI is InChI=1S/C13H18N2O2/c1-8(2)10(11(16)17)9-6-14-12(15-7-9)13(3,4)5/h6-7,10H,1H2,2-5H3,(H,16,17). The Kier molecular flexibility index (Phi) is 3.66. The van der Waals surface area contributed by atoms with Gasteiger partial charge in [0, 0.05) is 23.4 Å². The van der Waals surface area contributed by atoms with E-state index in [0.717, 1.165) is 0 Å². The summed E-state index contributed by atoms with van der Waals surface area (Å²) < 4.78 is 0. The quantitative estimate of drug-likeness (QED) is 0.816. The first-order valence-corrected chi connectivity index (χ1v) is 5.44. The molecule has 0 saturated carbocycles. The lowest BCUT2D eigenvalue weighted by Gasteiger charge is -2.17. The molecule has 1 aromatic rings. The number of aromatic nitrogens is 2. The highest BCUT2D eigenvalue weighted by molar-refractivity contribution is 5.79. The smallest absolute Gasteiger partial charge is 0.315 e. The predicted molar refractivity (Wildman–Crippen MR) is 65.9 cm³/mol. The fourth-order valence-electron chi connectivity index (χ4n) is 1.51. The van der Waals surface area contributed by atoms with E-state index in [1.54, 1.807) is 19.3 Å². The lowest BCUT2D eigenvalue weighted by Crippen LogP contribution is -2.18. The van der Waals surface area contributed by atoms with Crippen LogP contribution in [-0.2, 0) is 10.2 Å². The fraction of sp³-hybridized carbons (Fsp3) is 0.462. The molecule has 0 bridgehead atoms. The Balaban J connectivity index is 3.09. The van der Waals surface area contributed by atoms with Crippen molar-refractivity contribution in [2.45, 2.75) is 39.0 Å². The average Bonchev–Trinajstić information content (AvgIpc) is 2.15. The van der Waals surface area contributed by atoms with E-state index in [1.165, 1.54) is 0 Å². The summed E-state index contributed by atoms with van der Waals surface area (Å²) in [7, 11) is 0. The molecule has 92 valence electrons. The summed E-state index contributed by atoms with van der Waals surface area (Å²) >= 11 is 0. The molecular weight excluding hydrogens is 216 g/mol. The highest BCUT2D eigenvalue weighted by Gasteiger charge is 2.23. The van der Waals surface area contributed by atoms with Crippen molar-refractivity contribution in [3.63, 3.8) is 0 Å². The second kappa shape index (κ2) is 4.65. The number of hydrogen-bond donors (Lipinski definition) is 1. The number of nitrogens with zero attached hydrogens (tertiary/aromatic N) is 2. The molecular formula is C13H18N2O2. The highest BCUT2D eigenvalue weighted by Crippen LogP contribution is 2.24. The zero-order valence-electron chi connectivity index (χ0n) is 10.7. The third-order valence-corrected chi connectivity index (χ3v) is 2.42. The molecule has 0 saturated heterocycles. The van der Waals surface area contributed by atoms with Gasteiger partial charge in [-0.15, -0.1) is 0 Å². The van der Waals surface area contributed by atoms with E-state index in [2.05, 4.69) is 16.5 Å². The second-order valence-electron chi connectivity index (χ2n) is 5.21.